The molecule has 1 aromatic rings. The predicted octanol–water partition coefficient (Wildman–Crippen LogP) is 3.35. The maximum absolute atomic E-state index is 5.57. The van der Waals surface area contributed by atoms with Crippen LogP contribution in [0.25, 0.3) is 0 Å². The maximum atomic E-state index is 5.57. The van der Waals surface area contributed by atoms with Gasteiger partial charge in [-0.05, 0) is 31.0 Å². The Bertz CT molecular complexity index is 460. The molecule has 1 rings (SSSR count). The Morgan fingerprint density at radius 3 is 2.54 bits per heavy atom. The Labute approximate surface area is 146 Å². The van der Waals surface area contributed by atoms with Gasteiger partial charge >= 0.3 is 0 Å². The van der Waals surface area contributed by atoms with Crippen molar-refractivity contribution in [2.75, 3.05) is 27.4 Å². The minimum atomic E-state index is 0.430. The van der Waals surface area contributed by atoms with Crippen LogP contribution in [0.1, 0.15) is 45.1 Å². The highest BCUT2D eigenvalue weighted by Gasteiger charge is 2.05. The van der Waals surface area contributed by atoms with Gasteiger partial charge in [-0.15, -0.1) is 0 Å². The van der Waals surface area contributed by atoms with Crippen LogP contribution < -0.4 is 15.4 Å². The Balaban J connectivity index is 2.34. The smallest absolute Gasteiger partial charge is 0.191 e. The van der Waals surface area contributed by atoms with E-state index in [4.69, 9.17) is 9.47 Å². The number of benzene rings is 1. The number of guanidine groups is 1. The van der Waals surface area contributed by atoms with Crippen LogP contribution in [0.5, 0.6) is 5.75 Å². The van der Waals surface area contributed by atoms with E-state index in [1.54, 1.807) is 14.2 Å². The van der Waals surface area contributed by atoms with Crippen molar-refractivity contribution in [2.24, 2.45) is 4.99 Å². The summed E-state index contributed by atoms with van der Waals surface area (Å²) in [5.74, 6) is 1.71. The van der Waals surface area contributed by atoms with E-state index in [1.165, 1.54) is 31.2 Å². The molecule has 2 N–H and O–H groups in total. The lowest BCUT2D eigenvalue weighted by atomic mass is 10.1. The SMILES string of the molecule is CCCCCC(C)NC(=NC)NCc1ccc(OCCOC)cc1. The molecule has 1 aromatic carbocycles. The number of rotatable bonds is 11. The van der Waals surface area contributed by atoms with E-state index in [-0.39, 0.29) is 0 Å². The molecular weight excluding hydrogens is 302 g/mol. The number of nitrogens with zero attached hydrogens (tertiary/aromatic N) is 1. The molecule has 0 amide bonds. The number of methoxy groups -OCH3 is 1. The van der Waals surface area contributed by atoms with Crippen LogP contribution in [-0.4, -0.2) is 39.4 Å². The number of unbranched alkanes of at least 4 members (excludes halogenated alkanes) is 2. The van der Waals surface area contributed by atoms with Crippen molar-refractivity contribution >= 4 is 5.96 Å². The number of hydrogen-bond donors (Lipinski definition) is 2. The molecule has 0 bridgehead atoms. The lowest BCUT2D eigenvalue weighted by molar-refractivity contribution is 0.146. The fourth-order valence-electron chi connectivity index (χ4n) is 2.33. The third-order valence-electron chi connectivity index (χ3n) is 3.79. The molecule has 0 saturated heterocycles. The number of aliphatic imine (C=N–C) groups is 1. The van der Waals surface area contributed by atoms with Gasteiger partial charge in [0.25, 0.3) is 0 Å². The highest BCUT2D eigenvalue weighted by Crippen LogP contribution is 2.12. The van der Waals surface area contributed by atoms with Gasteiger partial charge in [0, 0.05) is 26.7 Å². The van der Waals surface area contributed by atoms with Gasteiger partial charge in [-0.25, -0.2) is 0 Å². The Hall–Kier alpha value is -1.75. The first-order valence-electron chi connectivity index (χ1n) is 8.87. The molecule has 1 atom stereocenters. The molecule has 0 aliphatic rings. The van der Waals surface area contributed by atoms with Crippen LogP contribution in [0.4, 0.5) is 0 Å². The molecule has 0 aliphatic carbocycles. The zero-order valence-corrected chi connectivity index (χ0v) is 15.6. The Morgan fingerprint density at radius 2 is 1.92 bits per heavy atom. The van der Waals surface area contributed by atoms with Gasteiger partial charge in [0.2, 0.25) is 0 Å². The van der Waals surface area contributed by atoms with Crippen molar-refractivity contribution in [3.8, 4) is 5.75 Å². The molecule has 0 aromatic heterocycles. The van der Waals surface area contributed by atoms with E-state index in [0.717, 1.165) is 18.3 Å². The van der Waals surface area contributed by atoms with Crippen molar-refractivity contribution in [3.63, 3.8) is 0 Å². The summed E-state index contributed by atoms with van der Waals surface area (Å²) in [5.41, 5.74) is 1.19. The quantitative estimate of drug-likeness (QED) is 0.370. The molecule has 24 heavy (non-hydrogen) atoms. The molecule has 5 heteroatoms. The third-order valence-corrected chi connectivity index (χ3v) is 3.79. The van der Waals surface area contributed by atoms with Crippen LogP contribution in [0.3, 0.4) is 0 Å². The summed E-state index contributed by atoms with van der Waals surface area (Å²) >= 11 is 0. The predicted molar refractivity (Wildman–Crippen MR) is 101 cm³/mol. The lowest BCUT2D eigenvalue weighted by Gasteiger charge is -2.18. The van der Waals surface area contributed by atoms with E-state index < -0.39 is 0 Å². The average molecular weight is 335 g/mol. The summed E-state index contributed by atoms with van der Waals surface area (Å²) in [7, 11) is 3.48. The topological polar surface area (TPSA) is 54.9 Å². The summed E-state index contributed by atoms with van der Waals surface area (Å²) in [6.45, 7) is 6.34. The van der Waals surface area contributed by atoms with E-state index in [9.17, 15) is 0 Å². The second-order valence-electron chi connectivity index (χ2n) is 5.95. The second kappa shape index (κ2) is 12.6. The normalized spacial score (nSPS) is 12.8. The first kappa shape index (κ1) is 20.3. The molecule has 0 spiro atoms. The molecule has 1 unspecified atom stereocenters. The maximum Gasteiger partial charge on any atom is 0.191 e. The Kier molecular flexibility index (Phi) is 10.7. The monoisotopic (exact) mass is 335 g/mol. The van der Waals surface area contributed by atoms with Crippen molar-refractivity contribution in [1.29, 1.82) is 0 Å². The molecule has 136 valence electrons. The van der Waals surface area contributed by atoms with E-state index in [2.05, 4.69) is 41.6 Å². The molecule has 0 radical (unpaired) electrons. The van der Waals surface area contributed by atoms with Crippen LogP contribution in [0, 0.1) is 0 Å². The third kappa shape index (κ3) is 8.77. The zero-order valence-electron chi connectivity index (χ0n) is 15.6. The van der Waals surface area contributed by atoms with Gasteiger partial charge in [-0.3, -0.25) is 4.99 Å². The summed E-state index contributed by atoms with van der Waals surface area (Å²) in [5, 5.41) is 6.80. The van der Waals surface area contributed by atoms with E-state index in [1.807, 2.05) is 12.1 Å². The summed E-state index contributed by atoms with van der Waals surface area (Å²) < 4.78 is 10.5. The minimum absolute atomic E-state index is 0.430. The summed E-state index contributed by atoms with van der Waals surface area (Å²) in [4.78, 5) is 4.29. The van der Waals surface area contributed by atoms with Gasteiger partial charge < -0.3 is 20.1 Å². The van der Waals surface area contributed by atoms with E-state index >= 15 is 0 Å². The zero-order chi connectivity index (χ0) is 17.6. The van der Waals surface area contributed by atoms with Crippen molar-refractivity contribution in [2.45, 2.75) is 52.1 Å². The average Bonchev–Trinajstić information content (AvgIpc) is 2.60. The fraction of sp³-hybridized carbons (Fsp3) is 0.632. The van der Waals surface area contributed by atoms with Gasteiger partial charge in [0.1, 0.15) is 12.4 Å². The summed E-state index contributed by atoms with van der Waals surface area (Å²) in [6, 6.07) is 8.52. The molecule has 0 heterocycles. The first-order valence-corrected chi connectivity index (χ1v) is 8.87. The minimum Gasteiger partial charge on any atom is -0.491 e. The fourth-order valence-corrected chi connectivity index (χ4v) is 2.33. The van der Waals surface area contributed by atoms with Crippen LogP contribution in [-0.2, 0) is 11.3 Å². The molecule has 0 fully saturated rings. The largest absolute Gasteiger partial charge is 0.491 e. The number of hydrogen-bond acceptors (Lipinski definition) is 3. The summed E-state index contributed by atoms with van der Waals surface area (Å²) in [6.07, 6.45) is 4.97. The van der Waals surface area contributed by atoms with Gasteiger partial charge in [-0.2, -0.15) is 0 Å². The highest BCUT2D eigenvalue weighted by molar-refractivity contribution is 5.79. The second-order valence-corrected chi connectivity index (χ2v) is 5.95. The first-order chi connectivity index (χ1) is 11.7. The molecule has 0 aliphatic heterocycles. The van der Waals surface area contributed by atoms with Gasteiger partial charge in [0.15, 0.2) is 5.96 Å². The standard InChI is InChI=1S/C19H33N3O2/c1-5-6-7-8-16(2)22-19(20-3)21-15-17-9-11-18(12-10-17)24-14-13-23-4/h9-12,16H,5-8,13-15H2,1-4H3,(H2,20,21,22). The molecular formula is C19H33N3O2. The molecule has 5 nitrogen and oxygen atoms in total. The number of nitrogens with one attached hydrogen (secondary N) is 2. The van der Waals surface area contributed by atoms with Crippen LogP contribution >= 0.6 is 0 Å². The van der Waals surface area contributed by atoms with Gasteiger partial charge in [0.05, 0.1) is 6.61 Å². The van der Waals surface area contributed by atoms with Crippen molar-refractivity contribution < 1.29 is 9.47 Å². The number of ether oxygens (including phenoxy) is 2. The lowest BCUT2D eigenvalue weighted by Crippen LogP contribution is -2.41. The van der Waals surface area contributed by atoms with Crippen molar-refractivity contribution in [1.82, 2.24) is 10.6 Å². The highest BCUT2D eigenvalue weighted by atomic mass is 16.5. The van der Waals surface area contributed by atoms with Crippen LogP contribution in [0.2, 0.25) is 0 Å². The van der Waals surface area contributed by atoms with Gasteiger partial charge in [-0.1, -0.05) is 38.3 Å². The van der Waals surface area contributed by atoms with Crippen molar-refractivity contribution in [3.05, 3.63) is 29.8 Å². The molecule has 0 saturated carbocycles. The van der Waals surface area contributed by atoms with E-state index in [0.29, 0.717) is 19.3 Å². The van der Waals surface area contributed by atoms with Crippen LogP contribution in [0.15, 0.2) is 29.3 Å². The Morgan fingerprint density at radius 1 is 1.17 bits per heavy atom.